The Morgan fingerprint density at radius 3 is 2.45 bits per heavy atom. The Morgan fingerprint density at radius 2 is 1.90 bits per heavy atom. The highest BCUT2D eigenvalue weighted by Crippen LogP contribution is 2.26. The van der Waals surface area contributed by atoms with Crippen LogP contribution in [0.25, 0.3) is 0 Å². The molecule has 2 aromatic carbocycles. The van der Waals surface area contributed by atoms with Crippen molar-refractivity contribution in [1.82, 2.24) is 0 Å². The molecule has 0 atom stereocenters. The van der Waals surface area contributed by atoms with Crippen LogP contribution in [0.1, 0.15) is 11.1 Å². The average molecular weight is 290 g/mol. The minimum Gasteiger partial charge on any atom is -0.497 e. The van der Waals surface area contributed by atoms with Crippen LogP contribution in [0.5, 0.6) is 5.75 Å². The van der Waals surface area contributed by atoms with E-state index >= 15 is 0 Å². The lowest BCUT2D eigenvalue weighted by molar-refractivity contribution is 0.414. The number of halogens is 1. The third-order valence-electron chi connectivity index (χ3n) is 2.96. The highest BCUT2D eigenvalue weighted by Gasteiger charge is 2.07. The summed E-state index contributed by atoms with van der Waals surface area (Å²) in [4.78, 5) is 0.177. The highest BCUT2D eigenvalue weighted by molar-refractivity contribution is 7.80. The van der Waals surface area contributed by atoms with E-state index in [4.69, 9.17) is 22.7 Å². The summed E-state index contributed by atoms with van der Waals surface area (Å²) in [6, 6.07) is 10.2. The van der Waals surface area contributed by atoms with Crippen molar-refractivity contribution in [3.05, 3.63) is 53.3 Å². The van der Waals surface area contributed by atoms with E-state index in [1.54, 1.807) is 19.2 Å². The number of rotatable bonds is 4. The quantitative estimate of drug-likeness (QED) is 0.846. The normalized spacial score (nSPS) is 10.2. The molecule has 0 bridgehead atoms. The molecule has 104 valence electrons. The Hall–Kier alpha value is -2.14. The Labute approximate surface area is 122 Å². The Bertz CT molecular complexity index is 658. The van der Waals surface area contributed by atoms with E-state index in [1.165, 1.54) is 6.07 Å². The standard InChI is InChI=1S/C15H15FN2OS/c1-9-7-11(19-2)4-6-13(9)18-14-5-3-10(15(17)20)8-12(14)16/h3-8,18H,1-2H3,(H2,17,20). The minimum absolute atomic E-state index is 0.177. The van der Waals surface area contributed by atoms with Crippen LogP contribution >= 0.6 is 12.2 Å². The SMILES string of the molecule is COc1ccc(Nc2ccc(C(N)=S)cc2F)c(C)c1. The number of aryl methyl sites for hydroxylation is 1. The van der Waals surface area contributed by atoms with E-state index in [2.05, 4.69) is 5.32 Å². The number of benzene rings is 2. The van der Waals surface area contributed by atoms with Gasteiger partial charge in [-0.2, -0.15) is 0 Å². The molecule has 3 N–H and O–H groups in total. The molecule has 3 nitrogen and oxygen atoms in total. The lowest BCUT2D eigenvalue weighted by atomic mass is 10.1. The number of nitrogens with two attached hydrogens (primary N) is 1. The van der Waals surface area contributed by atoms with Gasteiger partial charge in [-0.15, -0.1) is 0 Å². The summed E-state index contributed by atoms with van der Waals surface area (Å²) in [6.07, 6.45) is 0. The van der Waals surface area contributed by atoms with Crippen LogP contribution in [0, 0.1) is 12.7 Å². The summed E-state index contributed by atoms with van der Waals surface area (Å²) in [6.45, 7) is 1.92. The van der Waals surface area contributed by atoms with Crippen molar-refractivity contribution in [2.45, 2.75) is 6.92 Å². The maximum Gasteiger partial charge on any atom is 0.147 e. The molecular formula is C15H15FN2OS. The smallest absolute Gasteiger partial charge is 0.147 e. The van der Waals surface area contributed by atoms with Crippen molar-refractivity contribution in [2.24, 2.45) is 5.73 Å². The zero-order valence-corrected chi connectivity index (χ0v) is 12.1. The fourth-order valence-corrected chi connectivity index (χ4v) is 1.95. The molecule has 0 unspecified atom stereocenters. The van der Waals surface area contributed by atoms with Gasteiger partial charge in [0.25, 0.3) is 0 Å². The Balaban J connectivity index is 2.28. The van der Waals surface area contributed by atoms with Gasteiger partial charge in [-0.1, -0.05) is 12.2 Å². The zero-order chi connectivity index (χ0) is 14.7. The van der Waals surface area contributed by atoms with Gasteiger partial charge in [0.1, 0.15) is 16.6 Å². The summed E-state index contributed by atoms with van der Waals surface area (Å²) in [5, 5.41) is 3.04. The van der Waals surface area contributed by atoms with Gasteiger partial charge >= 0.3 is 0 Å². The second kappa shape index (κ2) is 5.88. The van der Waals surface area contributed by atoms with Crippen LogP contribution in [0.4, 0.5) is 15.8 Å². The topological polar surface area (TPSA) is 47.3 Å². The fraction of sp³-hybridized carbons (Fsp3) is 0.133. The first-order valence-electron chi connectivity index (χ1n) is 6.02. The summed E-state index contributed by atoms with van der Waals surface area (Å²) in [5.74, 6) is 0.364. The summed E-state index contributed by atoms with van der Waals surface area (Å²) in [5.41, 5.74) is 8.13. The molecule has 0 spiro atoms. The molecule has 0 aromatic heterocycles. The molecule has 0 saturated carbocycles. The fourth-order valence-electron chi connectivity index (χ4n) is 1.82. The monoisotopic (exact) mass is 290 g/mol. The van der Waals surface area contributed by atoms with Crippen LogP contribution in [0.3, 0.4) is 0 Å². The molecule has 0 aliphatic heterocycles. The number of methoxy groups -OCH3 is 1. The first-order chi connectivity index (χ1) is 9.51. The molecular weight excluding hydrogens is 275 g/mol. The van der Waals surface area contributed by atoms with Crippen molar-refractivity contribution in [2.75, 3.05) is 12.4 Å². The highest BCUT2D eigenvalue weighted by atomic mass is 32.1. The number of anilines is 2. The van der Waals surface area contributed by atoms with E-state index in [0.29, 0.717) is 11.3 Å². The molecule has 0 aliphatic rings. The van der Waals surface area contributed by atoms with Crippen molar-refractivity contribution < 1.29 is 9.13 Å². The molecule has 0 radical (unpaired) electrons. The van der Waals surface area contributed by atoms with Crippen molar-refractivity contribution >= 4 is 28.6 Å². The Kier molecular flexibility index (Phi) is 4.20. The van der Waals surface area contributed by atoms with Crippen molar-refractivity contribution in [3.63, 3.8) is 0 Å². The number of hydrogen-bond acceptors (Lipinski definition) is 3. The molecule has 2 rings (SSSR count). The number of thiocarbonyl (C=S) groups is 1. The lowest BCUT2D eigenvalue weighted by Crippen LogP contribution is -2.10. The van der Waals surface area contributed by atoms with E-state index in [-0.39, 0.29) is 4.99 Å². The maximum absolute atomic E-state index is 14.0. The minimum atomic E-state index is -0.398. The molecule has 0 aliphatic carbocycles. The van der Waals surface area contributed by atoms with E-state index in [1.807, 2.05) is 25.1 Å². The van der Waals surface area contributed by atoms with Gasteiger partial charge in [-0.25, -0.2) is 4.39 Å². The van der Waals surface area contributed by atoms with Gasteiger partial charge in [0, 0.05) is 11.3 Å². The number of ether oxygens (including phenoxy) is 1. The second-order valence-electron chi connectivity index (χ2n) is 4.36. The average Bonchev–Trinajstić information content (AvgIpc) is 2.42. The molecule has 0 amide bonds. The largest absolute Gasteiger partial charge is 0.497 e. The summed E-state index contributed by atoms with van der Waals surface area (Å²) < 4.78 is 19.1. The second-order valence-corrected chi connectivity index (χ2v) is 4.80. The van der Waals surface area contributed by atoms with Gasteiger partial charge in [0.15, 0.2) is 0 Å². The van der Waals surface area contributed by atoms with Gasteiger partial charge in [-0.05, 0) is 48.9 Å². The molecule has 20 heavy (non-hydrogen) atoms. The Morgan fingerprint density at radius 1 is 1.20 bits per heavy atom. The first kappa shape index (κ1) is 14.3. The predicted molar refractivity (Wildman–Crippen MR) is 83.3 cm³/mol. The van der Waals surface area contributed by atoms with Gasteiger partial charge < -0.3 is 15.8 Å². The van der Waals surface area contributed by atoms with Gasteiger partial charge in [0.2, 0.25) is 0 Å². The number of hydrogen-bond donors (Lipinski definition) is 2. The first-order valence-corrected chi connectivity index (χ1v) is 6.43. The van der Waals surface area contributed by atoms with Crippen LogP contribution in [0.15, 0.2) is 36.4 Å². The van der Waals surface area contributed by atoms with Crippen LogP contribution in [0.2, 0.25) is 0 Å². The lowest BCUT2D eigenvalue weighted by Gasteiger charge is -2.12. The summed E-state index contributed by atoms with van der Waals surface area (Å²) in [7, 11) is 1.61. The molecule has 0 heterocycles. The van der Waals surface area contributed by atoms with Crippen LogP contribution < -0.4 is 15.8 Å². The van der Waals surface area contributed by atoms with E-state index < -0.39 is 5.82 Å². The molecule has 5 heteroatoms. The maximum atomic E-state index is 14.0. The van der Waals surface area contributed by atoms with Crippen molar-refractivity contribution in [1.29, 1.82) is 0 Å². The van der Waals surface area contributed by atoms with Gasteiger partial charge in [0.05, 0.1) is 12.8 Å². The molecule has 0 saturated heterocycles. The third-order valence-corrected chi connectivity index (χ3v) is 3.19. The van der Waals surface area contributed by atoms with Crippen LogP contribution in [-0.2, 0) is 0 Å². The van der Waals surface area contributed by atoms with E-state index in [0.717, 1.165) is 17.0 Å². The predicted octanol–water partition coefficient (Wildman–Crippen LogP) is 3.52. The van der Waals surface area contributed by atoms with E-state index in [9.17, 15) is 4.39 Å². The van der Waals surface area contributed by atoms with Crippen LogP contribution in [-0.4, -0.2) is 12.1 Å². The number of nitrogens with one attached hydrogen (secondary N) is 1. The molecule has 0 fully saturated rings. The molecule has 2 aromatic rings. The van der Waals surface area contributed by atoms with Crippen molar-refractivity contribution in [3.8, 4) is 5.75 Å². The van der Waals surface area contributed by atoms with Gasteiger partial charge in [-0.3, -0.25) is 0 Å². The summed E-state index contributed by atoms with van der Waals surface area (Å²) >= 11 is 4.82. The third kappa shape index (κ3) is 3.05. The zero-order valence-electron chi connectivity index (χ0n) is 11.2.